The van der Waals surface area contributed by atoms with E-state index < -0.39 is 10.0 Å². The van der Waals surface area contributed by atoms with Crippen LogP contribution in [-0.2, 0) is 14.8 Å². The minimum Gasteiger partial charge on any atom is -0.497 e. The highest BCUT2D eigenvalue weighted by Gasteiger charge is 2.21. The summed E-state index contributed by atoms with van der Waals surface area (Å²) in [5.74, 6) is 0.403. The zero-order valence-electron chi connectivity index (χ0n) is 15.7. The molecule has 0 aliphatic heterocycles. The first-order chi connectivity index (χ1) is 12.9. The van der Waals surface area contributed by atoms with E-state index in [0.29, 0.717) is 24.5 Å². The van der Waals surface area contributed by atoms with E-state index in [0.717, 1.165) is 5.56 Å². The SMILES string of the molecule is CCN(CC)S(=O)(=O)c1ccc(NC(=O)C=Cc2cccc(OC)c2)cc1. The lowest BCUT2D eigenvalue weighted by Crippen LogP contribution is -2.30. The number of benzene rings is 2. The molecule has 1 N–H and O–H groups in total. The summed E-state index contributed by atoms with van der Waals surface area (Å²) in [5.41, 5.74) is 1.36. The standard InChI is InChI=1S/C20H24N2O4S/c1-4-22(5-2)27(24,25)19-12-10-17(11-13-19)21-20(23)14-9-16-7-6-8-18(15-16)26-3/h6-15H,4-5H2,1-3H3,(H,21,23). The highest BCUT2D eigenvalue weighted by molar-refractivity contribution is 7.89. The summed E-state index contributed by atoms with van der Waals surface area (Å²) in [5, 5.41) is 2.71. The molecule has 27 heavy (non-hydrogen) atoms. The van der Waals surface area contributed by atoms with Crippen LogP contribution >= 0.6 is 0 Å². The van der Waals surface area contributed by atoms with Crippen molar-refractivity contribution in [1.82, 2.24) is 4.31 Å². The molecule has 2 aromatic carbocycles. The highest BCUT2D eigenvalue weighted by Crippen LogP contribution is 2.18. The second-order valence-electron chi connectivity index (χ2n) is 5.71. The minimum atomic E-state index is -3.50. The first-order valence-corrected chi connectivity index (χ1v) is 10.1. The second kappa shape index (κ2) is 9.34. The highest BCUT2D eigenvalue weighted by atomic mass is 32.2. The molecule has 0 saturated heterocycles. The molecule has 0 fully saturated rings. The van der Waals surface area contributed by atoms with Crippen molar-refractivity contribution in [3.63, 3.8) is 0 Å². The van der Waals surface area contributed by atoms with E-state index in [4.69, 9.17) is 4.74 Å². The number of nitrogens with one attached hydrogen (secondary N) is 1. The number of methoxy groups -OCH3 is 1. The zero-order valence-corrected chi connectivity index (χ0v) is 16.5. The van der Waals surface area contributed by atoms with Gasteiger partial charge in [-0.05, 0) is 48.0 Å². The molecule has 0 aromatic heterocycles. The molecule has 0 aliphatic rings. The van der Waals surface area contributed by atoms with Crippen LogP contribution in [-0.4, -0.2) is 38.8 Å². The van der Waals surface area contributed by atoms with Crippen molar-refractivity contribution < 1.29 is 17.9 Å². The van der Waals surface area contributed by atoms with Gasteiger partial charge < -0.3 is 10.1 Å². The van der Waals surface area contributed by atoms with Gasteiger partial charge in [0.25, 0.3) is 0 Å². The lowest BCUT2D eigenvalue weighted by Gasteiger charge is -2.18. The maximum atomic E-state index is 12.5. The average molecular weight is 388 g/mol. The summed E-state index contributed by atoms with van der Waals surface area (Å²) in [4.78, 5) is 12.3. The molecule has 2 aromatic rings. The van der Waals surface area contributed by atoms with E-state index in [-0.39, 0.29) is 10.8 Å². The smallest absolute Gasteiger partial charge is 0.248 e. The molecule has 7 heteroatoms. The van der Waals surface area contributed by atoms with Crippen molar-refractivity contribution in [2.75, 3.05) is 25.5 Å². The Morgan fingerprint density at radius 1 is 1.11 bits per heavy atom. The Morgan fingerprint density at radius 3 is 2.37 bits per heavy atom. The van der Waals surface area contributed by atoms with Gasteiger partial charge in [-0.3, -0.25) is 4.79 Å². The summed E-state index contributed by atoms with van der Waals surface area (Å²) in [7, 11) is -1.92. The molecule has 0 spiro atoms. The van der Waals surface area contributed by atoms with Crippen molar-refractivity contribution in [2.45, 2.75) is 18.7 Å². The molecule has 2 rings (SSSR count). The fraction of sp³-hybridized carbons (Fsp3) is 0.250. The summed E-state index contributed by atoms with van der Waals surface area (Å²) in [6.45, 7) is 4.41. The van der Waals surface area contributed by atoms with Gasteiger partial charge in [-0.1, -0.05) is 26.0 Å². The van der Waals surface area contributed by atoms with Gasteiger partial charge in [-0.15, -0.1) is 0 Å². The van der Waals surface area contributed by atoms with Gasteiger partial charge >= 0.3 is 0 Å². The van der Waals surface area contributed by atoms with Crippen LogP contribution in [0.1, 0.15) is 19.4 Å². The molecule has 0 aliphatic carbocycles. The van der Waals surface area contributed by atoms with Crippen molar-refractivity contribution in [3.8, 4) is 5.75 Å². The number of carbonyl (C=O) groups excluding carboxylic acids is 1. The largest absolute Gasteiger partial charge is 0.497 e. The molecule has 0 unspecified atom stereocenters. The third-order valence-corrected chi connectivity index (χ3v) is 6.05. The second-order valence-corrected chi connectivity index (χ2v) is 7.65. The Morgan fingerprint density at radius 2 is 1.78 bits per heavy atom. The van der Waals surface area contributed by atoms with Gasteiger partial charge in [0, 0.05) is 24.9 Å². The third kappa shape index (κ3) is 5.42. The molecule has 0 bridgehead atoms. The van der Waals surface area contributed by atoms with Gasteiger partial charge in [0.15, 0.2) is 0 Å². The maximum Gasteiger partial charge on any atom is 0.248 e. The first kappa shape index (κ1) is 20.7. The molecular weight excluding hydrogens is 364 g/mol. The van der Waals surface area contributed by atoms with E-state index in [1.165, 1.54) is 22.5 Å². The van der Waals surface area contributed by atoms with Crippen molar-refractivity contribution in [3.05, 3.63) is 60.2 Å². The van der Waals surface area contributed by atoms with Crippen LogP contribution in [0.4, 0.5) is 5.69 Å². The molecule has 0 heterocycles. The number of carbonyl (C=O) groups is 1. The Kier molecular flexibility index (Phi) is 7.15. The lowest BCUT2D eigenvalue weighted by atomic mass is 10.2. The normalized spacial score (nSPS) is 11.7. The lowest BCUT2D eigenvalue weighted by molar-refractivity contribution is -0.111. The number of nitrogens with zero attached hydrogens (tertiary/aromatic N) is 1. The number of anilines is 1. The fourth-order valence-electron chi connectivity index (χ4n) is 2.52. The van der Waals surface area contributed by atoms with Crippen LogP contribution in [0, 0.1) is 0 Å². The van der Waals surface area contributed by atoms with Crippen LogP contribution < -0.4 is 10.1 Å². The third-order valence-electron chi connectivity index (χ3n) is 3.99. The van der Waals surface area contributed by atoms with Gasteiger partial charge in [-0.2, -0.15) is 4.31 Å². The quantitative estimate of drug-likeness (QED) is 0.704. The van der Waals surface area contributed by atoms with E-state index in [1.807, 2.05) is 24.3 Å². The van der Waals surface area contributed by atoms with E-state index in [9.17, 15) is 13.2 Å². The van der Waals surface area contributed by atoms with E-state index >= 15 is 0 Å². The average Bonchev–Trinajstić information content (AvgIpc) is 2.67. The molecule has 6 nitrogen and oxygen atoms in total. The van der Waals surface area contributed by atoms with Crippen molar-refractivity contribution >= 4 is 27.7 Å². The van der Waals surface area contributed by atoms with Gasteiger partial charge in [-0.25, -0.2) is 8.42 Å². The summed E-state index contributed by atoms with van der Waals surface area (Å²) < 4.78 is 31.4. The van der Waals surface area contributed by atoms with E-state index in [1.54, 1.807) is 39.2 Å². The van der Waals surface area contributed by atoms with Gasteiger partial charge in [0.05, 0.1) is 12.0 Å². The molecular formula is C20H24N2O4S. The van der Waals surface area contributed by atoms with Crippen LogP contribution in [0.15, 0.2) is 59.5 Å². The maximum absolute atomic E-state index is 12.5. The van der Waals surface area contributed by atoms with Crippen LogP contribution in [0.25, 0.3) is 6.08 Å². The van der Waals surface area contributed by atoms with E-state index in [2.05, 4.69) is 5.32 Å². The summed E-state index contributed by atoms with van der Waals surface area (Å²) in [6, 6.07) is 13.5. The zero-order chi connectivity index (χ0) is 19.9. The predicted molar refractivity (Wildman–Crippen MR) is 107 cm³/mol. The van der Waals surface area contributed by atoms with Crippen molar-refractivity contribution in [1.29, 1.82) is 0 Å². The fourth-order valence-corrected chi connectivity index (χ4v) is 3.98. The molecule has 0 radical (unpaired) electrons. The van der Waals surface area contributed by atoms with Crippen molar-refractivity contribution in [2.24, 2.45) is 0 Å². The Labute approximate surface area is 160 Å². The number of sulfonamides is 1. The Hall–Kier alpha value is -2.64. The molecule has 0 saturated carbocycles. The van der Waals surface area contributed by atoms with Crippen LogP contribution in [0.3, 0.4) is 0 Å². The summed E-state index contributed by atoms with van der Waals surface area (Å²) in [6.07, 6.45) is 3.09. The predicted octanol–water partition coefficient (Wildman–Crippen LogP) is 3.38. The number of hydrogen-bond acceptors (Lipinski definition) is 4. The first-order valence-electron chi connectivity index (χ1n) is 8.64. The number of rotatable bonds is 8. The van der Waals surface area contributed by atoms with Crippen LogP contribution in [0.5, 0.6) is 5.75 Å². The Bertz CT molecular complexity index is 902. The topological polar surface area (TPSA) is 75.7 Å². The Balaban J connectivity index is 2.05. The van der Waals surface area contributed by atoms with Gasteiger partial charge in [0.2, 0.25) is 15.9 Å². The number of hydrogen-bond donors (Lipinski definition) is 1. The monoisotopic (exact) mass is 388 g/mol. The summed E-state index contributed by atoms with van der Waals surface area (Å²) >= 11 is 0. The molecule has 1 amide bonds. The molecule has 144 valence electrons. The number of ether oxygens (including phenoxy) is 1. The van der Waals surface area contributed by atoms with Gasteiger partial charge in [0.1, 0.15) is 5.75 Å². The number of amides is 1. The minimum absolute atomic E-state index is 0.205. The molecule has 0 atom stereocenters. The van der Waals surface area contributed by atoms with Crippen LogP contribution in [0.2, 0.25) is 0 Å².